The molecule has 2 aromatic rings. The number of aromatic hydroxyl groups is 1. The highest BCUT2D eigenvalue weighted by Gasteiger charge is 2.17. The summed E-state index contributed by atoms with van der Waals surface area (Å²) in [6.07, 6.45) is 3.17. The number of ketones is 1. The van der Waals surface area contributed by atoms with Crippen molar-refractivity contribution in [3.63, 3.8) is 0 Å². The van der Waals surface area contributed by atoms with Crippen molar-refractivity contribution < 1.29 is 19.4 Å². The Kier molecular flexibility index (Phi) is 4.61. The van der Waals surface area contributed by atoms with Crippen LogP contribution in [-0.2, 0) is 0 Å². The maximum atomic E-state index is 12.4. The van der Waals surface area contributed by atoms with Crippen molar-refractivity contribution in [2.24, 2.45) is 0 Å². The zero-order chi connectivity index (χ0) is 15.2. The molecule has 0 aromatic heterocycles. The minimum absolute atomic E-state index is 0.0210. The number of rotatable bonds is 5. The van der Waals surface area contributed by atoms with Crippen LogP contribution >= 0.6 is 0 Å². The Morgan fingerprint density at radius 1 is 1.05 bits per heavy atom. The number of allylic oxidation sites excluding steroid dienone is 1. The molecule has 0 unspecified atom stereocenters. The zero-order valence-corrected chi connectivity index (χ0v) is 11.9. The van der Waals surface area contributed by atoms with Gasteiger partial charge in [0.05, 0.1) is 14.2 Å². The molecule has 0 aliphatic heterocycles. The lowest BCUT2D eigenvalue weighted by Gasteiger charge is -2.11. The fourth-order valence-corrected chi connectivity index (χ4v) is 1.96. The summed E-state index contributed by atoms with van der Waals surface area (Å²) in [6.45, 7) is 0. The topological polar surface area (TPSA) is 55.8 Å². The van der Waals surface area contributed by atoms with Crippen LogP contribution < -0.4 is 9.47 Å². The lowest BCUT2D eigenvalue weighted by atomic mass is 10.1. The summed E-state index contributed by atoms with van der Waals surface area (Å²) in [6, 6.07) is 12.3. The van der Waals surface area contributed by atoms with Crippen LogP contribution in [0.25, 0.3) is 6.08 Å². The van der Waals surface area contributed by atoms with Gasteiger partial charge in [0.25, 0.3) is 0 Å². The van der Waals surface area contributed by atoms with Gasteiger partial charge in [-0.2, -0.15) is 0 Å². The quantitative estimate of drug-likeness (QED) is 0.676. The predicted octanol–water partition coefficient (Wildman–Crippen LogP) is 3.31. The standard InChI is InChI=1S/C17H16O4/c1-20-15-10-13(18)11-16(21-2)17(15)14(19)9-8-12-6-4-3-5-7-12/h3-11,18H,1-2H3/b9-8+. The van der Waals surface area contributed by atoms with Gasteiger partial charge in [-0.15, -0.1) is 0 Å². The van der Waals surface area contributed by atoms with Crippen molar-refractivity contribution in [3.8, 4) is 17.2 Å². The fraction of sp³-hybridized carbons (Fsp3) is 0.118. The van der Waals surface area contributed by atoms with Gasteiger partial charge in [-0.3, -0.25) is 4.79 Å². The molecule has 1 N–H and O–H groups in total. The lowest BCUT2D eigenvalue weighted by molar-refractivity contribution is 0.104. The van der Waals surface area contributed by atoms with Crippen LogP contribution in [0.2, 0.25) is 0 Å². The third-order valence-electron chi connectivity index (χ3n) is 2.96. The van der Waals surface area contributed by atoms with E-state index in [-0.39, 0.29) is 28.6 Å². The van der Waals surface area contributed by atoms with Gasteiger partial charge in [0.15, 0.2) is 5.78 Å². The summed E-state index contributed by atoms with van der Waals surface area (Å²) >= 11 is 0. The second-order valence-corrected chi connectivity index (χ2v) is 4.33. The number of methoxy groups -OCH3 is 2. The SMILES string of the molecule is COc1cc(O)cc(OC)c1C(=O)/C=C/c1ccccc1. The van der Waals surface area contributed by atoms with Crippen LogP contribution in [0.1, 0.15) is 15.9 Å². The highest BCUT2D eigenvalue weighted by molar-refractivity contribution is 6.10. The van der Waals surface area contributed by atoms with Gasteiger partial charge in [-0.05, 0) is 11.6 Å². The highest BCUT2D eigenvalue weighted by Crippen LogP contribution is 2.34. The molecule has 0 radical (unpaired) electrons. The maximum absolute atomic E-state index is 12.4. The van der Waals surface area contributed by atoms with Gasteiger partial charge >= 0.3 is 0 Å². The first kappa shape index (κ1) is 14.7. The first-order valence-corrected chi connectivity index (χ1v) is 6.38. The van der Waals surface area contributed by atoms with Crippen molar-refractivity contribution in [2.45, 2.75) is 0 Å². The Balaban J connectivity index is 2.37. The Labute approximate surface area is 123 Å². The van der Waals surface area contributed by atoms with Crippen molar-refractivity contribution >= 4 is 11.9 Å². The van der Waals surface area contributed by atoms with Crippen LogP contribution in [0.4, 0.5) is 0 Å². The monoisotopic (exact) mass is 284 g/mol. The third kappa shape index (κ3) is 3.42. The Bertz CT molecular complexity index is 635. The van der Waals surface area contributed by atoms with E-state index in [1.807, 2.05) is 30.3 Å². The first-order valence-electron chi connectivity index (χ1n) is 6.38. The molecule has 4 nitrogen and oxygen atoms in total. The average Bonchev–Trinajstić information content (AvgIpc) is 2.52. The molecular formula is C17H16O4. The summed E-state index contributed by atoms with van der Waals surface area (Å²) in [5, 5.41) is 9.58. The molecule has 0 aliphatic rings. The van der Waals surface area contributed by atoms with Gasteiger partial charge < -0.3 is 14.6 Å². The largest absolute Gasteiger partial charge is 0.508 e. The predicted molar refractivity (Wildman–Crippen MR) is 81.0 cm³/mol. The van der Waals surface area contributed by atoms with Crippen LogP contribution in [0.15, 0.2) is 48.5 Å². The summed E-state index contributed by atoms with van der Waals surface area (Å²) in [7, 11) is 2.87. The minimum atomic E-state index is -0.257. The van der Waals surface area contributed by atoms with Crippen LogP contribution in [0.5, 0.6) is 17.2 Å². The Hall–Kier alpha value is -2.75. The molecule has 2 rings (SSSR count). The average molecular weight is 284 g/mol. The molecule has 0 aliphatic carbocycles. The second kappa shape index (κ2) is 6.61. The van der Waals surface area contributed by atoms with Gasteiger partial charge in [0.1, 0.15) is 22.8 Å². The van der Waals surface area contributed by atoms with Gasteiger partial charge in [0, 0.05) is 12.1 Å². The molecule has 21 heavy (non-hydrogen) atoms. The number of carbonyl (C=O) groups excluding carboxylic acids is 1. The van der Waals surface area contributed by atoms with Gasteiger partial charge in [-0.1, -0.05) is 36.4 Å². The number of phenols is 1. The lowest BCUT2D eigenvalue weighted by Crippen LogP contribution is -2.02. The number of benzene rings is 2. The molecule has 0 fully saturated rings. The molecule has 0 bridgehead atoms. The van der Waals surface area contributed by atoms with E-state index in [0.29, 0.717) is 0 Å². The minimum Gasteiger partial charge on any atom is -0.508 e. The Morgan fingerprint density at radius 3 is 2.14 bits per heavy atom. The number of phenolic OH excluding ortho intramolecular Hbond substituents is 1. The van der Waals surface area contributed by atoms with E-state index in [9.17, 15) is 9.90 Å². The van der Waals surface area contributed by atoms with E-state index in [2.05, 4.69) is 0 Å². The summed E-state index contributed by atoms with van der Waals surface area (Å²) in [5.41, 5.74) is 1.20. The molecule has 108 valence electrons. The number of hydrogen-bond donors (Lipinski definition) is 1. The Morgan fingerprint density at radius 2 is 1.62 bits per heavy atom. The van der Waals surface area contributed by atoms with E-state index in [1.165, 1.54) is 32.4 Å². The first-order chi connectivity index (χ1) is 10.2. The van der Waals surface area contributed by atoms with Crippen molar-refractivity contribution in [1.29, 1.82) is 0 Å². The molecule has 2 aromatic carbocycles. The molecule has 4 heteroatoms. The molecular weight excluding hydrogens is 268 g/mol. The van der Waals surface area contributed by atoms with E-state index < -0.39 is 0 Å². The van der Waals surface area contributed by atoms with Crippen molar-refractivity contribution in [1.82, 2.24) is 0 Å². The second-order valence-electron chi connectivity index (χ2n) is 4.33. The molecule has 0 saturated carbocycles. The van der Waals surface area contributed by atoms with Crippen molar-refractivity contribution in [3.05, 3.63) is 59.7 Å². The van der Waals surface area contributed by atoms with Crippen LogP contribution in [0.3, 0.4) is 0 Å². The van der Waals surface area contributed by atoms with Crippen LogP contribution in [0, 0.1) is 0 Å². The zero-order valence-electron chi connectivity index (χ0n) is 11.9. The normalized spacial score (nSPS) is 10.6. The maximum Gasteiger partial charge on any atom is 0.193 e. The number of carbonyl (C=O) groups is 1. The summed E-state index contributed by atoms with van der Waals surface area (Å²) < 4.78 is 10.3. The smallest absolute Gasteiger partial charge is 0.193 e. The highest BCUT2D eigenvalue weighted by atomic mass is 16.5. The van der Waals surface area contributed by atoms with Crippen LogP contribution in [-0.4, -0.2) is 25.1 Å². The molecule has 0 amide bonds. The fourth-order valence-electron chi connectivity index (χ4n) is 1.96. The summed E-state index contributed by atoms with van der Waals surface area (Å²) in [4.78, 5) is 12.4. The summed E-state index contributed by atoms with van der Waals surface area (Å²) in [5.74, 6) is 0.268. The molecule has 0 atom stereocenters. The van der Waals surface area contributed by atoms with Crippen molar-refractivity contribution in [2.75, 3.05) is 14.2 Å². The molecule has 0 heterocycles. The van der Waals surface area contributed by atoms with E-state index in [0.717, 1.165) is 5.56 Å². The van der Waals surface area contributed by atoms with E-state index >= 15 is 0 Å². The van der Waals surface area contributed by atoms with Gasteiger partial charge in [0.2, 0.25) is 0 Å². The van der Waals surface area contributed by atoms with E-state index in [4.69, 9.17) is 9.47 Å². The molecule has 0 spiro atoms. The molecule has 0 saturated heterocycles. The number of ether oxygens (including phenoxy) is 2. The third-order valence-corrected chi connectivity index (χ3v) is 2.96. The van der Waals surface area contributed by atoms with Gasteiger partial charge in [-0.25, -0.2) is 0 Å². The van der Waals surface area contributed by atoms with E-state index in [1.54, 1.807) is 6.08 Å². The number of hydrogen-bond acceptors (Lipinski definition) is 4.